The predicted octanol–water partition coefficient (Wildman–Crippen LogP) is 2.09. The van der Waals surface area contributed by atoms with Crippen molar-refractivity contribution in [3.8, 4) is 0 Å². The summed E-state index contributed by atoms with van der Waals surface area (Å²) in [7, 11) is 0. The fraction of sp³-hybridized carbons (Fsp3) is 0.333. The van der Waals surface area contributed by atoms with E-state index in [2.05, 4.69) is 5.32 Å². The lowest BCUT2D eigenvalue weighted by atomic mass is 10.2. The first-order valence-corrected chi connectivity index (χ1v) is 5.83. The number of carbonyl (C=O) groups is 2. The van der Waals surface area contributed by atoms with Gasteiger partial charge in [-0.2, -0.15) is 0 Å². The van der Waals surface area contributed by atoms with Gasteiger partial charge in [0.1, 0.15) is 11.9 Å². The van der Waals surface area contributed by atoms with Gasteiger partial charge in [-0.05, 0) is 18.8 Å². The molecular weight excluding hydrogens is 277 g/mol. The SMILES string of the molecule is O=C(Nc1cc(F)cc(F)c1F)NC(C(=O)O)C1CC1. The molecule has 1 aliphatic rings. The van der Waals surface area contributed by atoms with Gasteiger partial charge in [0.05, 0.1) is 5.69 Å². The number of nitrogens with one attached hydrogen (secondary N) is 2. The summed E-state index contributed by atoms with van der Waals surface area (Å²) in [6, 6.07) is -1.20. The summed E-state index contributed by atoms with van der Waals surface area (Å²) in [5, 5.41) is 12.9. The van der Waals surface area contributed by atoms with E-state index in [1.54, 1.807) is 0 Å². The Morgan fingerprint density at radius 3 is 2.45 bits per heavy atom. The van der Waals surface area contributed by atoms with Crippen LogP contribution >= 0.6 is 0 Å². The van der Waals surface area contributed by atoms with Crippen molar-refractivity contribution < 1.29 is 27.9 Å². The first-order valence-electron chi connectivity index (χ1n) is 5.83. The number of rotatable bonds is 4. The summed E-state index contributed by atoms with van der Waals surface area (Å²) in [5.41, 5.74) is -0.695. The van der Waals surface area contributed by atoms with Crippen LogP contribution in [0, 0.1) is 23.4 Å². The molecule has 108 valence electrons. The highest BCUT2D eigenvalue weighted by Crippen LogP contribution is 2.32. The molecule has 2 amide bonds. The van der Waals surface area contributed by atoms with Gasteiger partial charge >= 0.3 is 12.0 Å². The number of anilines is 1. The predicted molar refractivity (Wildman–Crippen MR) is 62.6 cm³/mol. The second-order valence-corrected chi connectivity index (χ2v) is 4.50. The summed E-state index contributed by atoms with van der Waals surface area (Å²) >= 11 is 0. The number of hydrogen-bond donors (Lipinski definition) is 3. The van der Waals surface area contributed by atoms with Crippen molar-refractivity contribution in [3.63, 3.8) is 0 Å². The fourth-order valence-corrected chi connectivity index (χ4v) is 1.76. The smallest absolute Gasteiger partial charge is 0.326 e. The molecule has 3 N–H and O–H groups in total. The summed E-state index contributed by atoms with van der Waals surface area (Å²) in [5.74, 6) is -5.31. The molecule has 1 fully saturated rings. The monoisotopic (exact) mass is 288 g/mol. The van der Waals surface area contributed by atoms with Gasteiger partial charge in [0, 0.05) is 12.1 Å². The maximum Gasteiger partial charge on any atom is 0.326 e. The maximum absolute atomic E-state index is 13.3. The van der Waals surface area contributed by atoms with Crippen LogP contribution in [0.4, 0.5) is 23.7 Å². The first-order chi connectivity index (χ1) is 9.38. The Labute approximate surface area is 111 Å². The van der Waals surface area contributed by atoms with Gasteiger partial charge < -0.3 is 15.7 Å². The molecule has 1 aromatic rings. The Morgan fingerprint density at radius 2 is 1.90 bits per heavy atom. The lowest BCUT2D eigenvalue weighted by Gasteiger charge is -2.14. The molecule has 0 heterocycles. The molecule has 0 aliphatic heterocycles. The van der Waals surface area contributed by atoms with E-state index in [0.29, 0.717) is 25.0 Å². The Balaban J connectivity index is 2.06. The normalized spacial score (nSPS) is 15.6. The Morgan fingerprint density at radius 1 is 1.25 bits per heavy atom. The van der Waals surface area contributed by atoms with Gasteiger partial charge in [0.15, 0.2) is 11.6 Å². The molecule has 1 unspecified atom stereocenters. The molecular formula is C12H11F3N2O3. The molecule has 1 aliphatic carbocycles. The molecule has 2 rings (SSSR count). The van der Waals surface area contributed by atoms with Crippen molar-refractivity contribution >= 4 is 17.7 Å². The zero-order chi connectivity index (χ0) is 14.9. The average molecular weight is 288 g/mol. The fourth-order valence-electron chi connectivity index (χ4n) is 1.76. The number of benzene rings is 1. The van der Waals surface area contributed by atoms with Crippen LogP contribution in [0.5, 0.6) is 0 Å². The van der Waals surface area contributed by atoms with E-state index in [4.69, 9.17) is 5.11 Å². The lowest BCUT2D eigenvalue weighted by molar-refractivity contribution is -0.139. The summed E-state index contributed by atoms with van der Waals surface area (Å²) in [4.78, 5) is 22.4. The van der Waals surface area contributed by atoms with Gasteiger partial charge in [-0.15, -0.1) is 0 Å². The summed E-state index contributed by atoms with van der Waals surface area (Å²) in [6.07, 6.45) is 1.33. The molecule has 0 spiro atoms. The number of hydrogen-bond acceptors (Lipinski definition) is 2. The summed E-state index contributed by atoms with van der Waals surface area (Å²) < 4.78 is 39.2. The molecule has 1 saturated carbocycles. The second kappa shape index (κ2) is 5.40. The Hall–Kier alpha value is -2.25. The largest absolute Gasteiger partial charge is 0.480 e. The van der Waals surface area contributed by atoms with Crippen molar-refractivity contribution in [1.82, 2.24) is 5.32 Å². The Kier molecular flexibility index (Phi) is 3.82. The highest BCUT2D eigenvalue weighted by atomic mass is 19.2. The Bertz CT molecular complexity index is 561. The van der Waals surface area contributed by atoms with Crippen molar-refractivity contribution in [3.05, 3.63) is 29.6 Å². The van der Waals surface area contributed by atoms with Crippen LogP contribution in [0.15, 0.2) is 12.1 Å². The van der Waals surface area contributed by atoms with E-state index < -0.39 is 41.2 Å². The van der Waals surface area contributed by atoms with Crippen LogP contribution in [0.3, 0.4) is 0 Å². The van der Waals surface area contributed by atoms with E-state index >= 15 is 0 Å². The van der Waals surface area contributed by atoms with Gasteiger partial charge in [-0.25, -0.2) is 22.8 Å². The molecule has 8 heteroatoms. The molecule has 0 aromatic heterocycles. The van der Waals surface area contributed by atoms with Crippen molar-refractivity contribution in [2.24, 2.45) is 5.92 Å². The van der Waals surface area contributed by atoms with Crippen LogP contribution in [0.1, 0.15) is 12.8 Å². The van der Waals surface area contributed by atoms with Gasteiger partial charge in [0.2, 0.25) is 0 Å². The van der Waals surface area contributed by atoms with Gasteiger partial charge in [-0.3, -0.25) is 0 Å². The maximum atomic E-state index is 13.3. The standard InChI is InChI=1S/C12H11F3N2O3/c13-6-3-7(14)9(15)8(4-6)16-12(20)17-10(11(18)19)5-1-2-5/h3-5,10H,1-2H2,(H,18,19)(H2,16,17,20). The number of carbonyl (C=O) groups excluding carboxylic acids is 1. The van der Waals surface area contributed by atoms with Gasteiger partial charge in [0.25, 0.3) is 0 Å². The van der Waals surface area contributed by atoms with Crippen molar-refractivity contribution in [2.45, 2.75) is 18.9 Å². The second-order valence-electron chi connectivity index (χ2n) is 4.50. The minimum Gasteiger partial charge on any atom is -0.480 e. The highest BCUT2D eigenvalue weighted by Gasteiger charge is 2.37. The molecule has 0 bridgehead atoms. The van der Waals surface area contributed by atoms with Crippen molar-refractivity contribution in [2.75, 3.05) is 5.32 Å². The van der Waals surface area contributed by atoms with E-state index in [9.17, 15) is 22.8 Å². The zero-order valence-corrected chi connectivity index (χ0v) is 10.1. The van der Waals surface area contributed by atoms with Crippen LogP contribution < -0.4 is 10.6 Å². The third-order valence-electron chi connectivity index (χ3n) is 2.89. The molecule has 0 radical (unpaired) electrons. The first kappa shape index (κ1) is 14.2. The molecule has 20 heavy (non-hydrogen) atoms. The molecule has 1 atom stereocenters. The average Bonchev–Trinajstić information content (AvgIpc) is 3.16. The number of halogens is 3. The van der Waals surface area contributed by atoms with Crippen LogP contribution in [0.2, 0.25) is 0 Å². The third kappa shape index (κ3) is 3.19. The molecule has 0 saturated heterocycles. The number of carboxylic acid groups (broad SMARTS) is 1. The van der Waals surface area contributed by atoms with Crippen LogP contribution in [0.25, 0.3) is 0 Å². The quantitative estimate of drug-likeness (QED) is 0.742. The van der Waals surface area contributed by atoms with E-state index in [1.807, 2.05) is 5.32 Å². The van der Waals surface area contributed by atoms with Crippen molar-refractivity contribution in [1.29, 1.82) is 0 Å². The minimum atomic E-state index is -1.45. The number of urea groups is 1. The number of aliphatic carboxylic acids is 1. The zero-order valence-electron chi connectivity index (χ0n) is 10.1. The number of carboxylic acids is 1. The molecule has 1 aromatic carbocycles. The summed E-state index contributed by atoms with van der Waals surface area (Å²) in [6.45, 7) is 0. The van der Waals surface area contributed by atoms with Crippen LogP contribution in [-0.4, -0.2) is 23.1 Å². The van der Waals surface area contributed by atoms with Crippen LogP contribution in [-0.2, 0) is 4.79 Å². The topological polar surface area (TPSA) is 78.4 Å². The minimum absolute atomic E-state index is 0.174. The molecule has 5 nitrogen and oxygen atoms in total. The van der Waals surface area contributed by atoms with E-state index in [0.717, 1.165) is 0 Å². The third-order valence-corrected chi connectivity index (χ3v) is 2.89. The highest BCUT2D eigenvalue weighted by molar-refractivity contribution is 5.92. The van der Waals surface area contributed by atoms with Gasteiger partial charge in [-0.1, -0.05) is 0 Å². The number of amides is 2. The lowest BCUT2D eigenvalue weighted by Crippen LogP contribution is -2.44. The van der Waals surface area contributed by atoms with E-state index in [-0.39, 0.29) is 5.92 Å². The van der Waals surface area contributed by atoms with E-state index in [1.165, 1.54) is 0 Å².